The van der Waals surface area contributed by atoms with Gasteiger partial charge in [-0.05, 0) is 31.0 Å². The zero-order valence-corrected chi connectivity index (χ0v) is 16.0. The van der Waals surface area contributed by atoms with Crippen LogP contribution in [-0.2, 0) is 22.6 Å². The van der Waals surface area contributed by atoms with Crippen LogP contribution >= 0.6 is 11.3 Å². The molecule has 0 amide bonds. The fraction of sp³-hybridized carbons (Fsp3) is 0.500. The molecule has 4 nitrogen and oxygen atoms in total. The predicted octanol–water partition coefficient (Wildman–Crippen LogP) is 3.47. The summed E-state index contributed by atoms with van der Waals surface area (Å²) in [5, 5.41) is 10.3. The number of aliphatic hydroxyl groups is 1. The van der Waals surface area contributed by atoms with Crippen molar-refractivity contribution in [1.82, 2.24) is 4.90 Å². The Morgan fingerprint density at radius 3 is 2.64 bits per heavy atom. The highest BCUT2D eigenvalue weighted by atomic mass is 32.1. The predicted molar refractivity (Wildman–Crippen MR) is 103 cm³/mol. The van der Waals surface area contributed by atoms with Gasteiger partial charge in [0.1, 0.15) is 0 Å². The molecular formula is C20H29NO3S. The molecule has 2 aromatic rings. The van der Waals surface area contributed by atoms with Crippen molar-refractivity contribution in [2.45, 2.75) is 32.6 Å². The molecule has 1 N–H and O–H groups in total. The number of nitrogens with zero attached hydrogens (tertiary/aromatic N) is 1. The Bertz CT molecular complexity index is 588. The minimum absolute atomic E-state index is 0.346. The molecule has 25 heavy (non-hydrogen) atoms. The van der Waals surface area contributed by atoms with Gasteiger partial charge >= 0.3 is 0 Å². The van der Waals surface area contributed by atoms with Crippen LogP contribution in [0.3, 0.4) is 0 Å². The number of thiophene rings is 1. The van der Waals surface area contributed by atoms with E-state index in [2.05, 4.69) is 24.0 Å². The first-order valence-corrected chi connectivity index (χ1v) is 9.55. The molecule has 1 aromatic carbocycles. The van der Waals surface area contributed by atoms with Crippen LogP contribution in [0.2, 0.25) is 0 Å². The standard InChI is InChI=1S/C20H29NO3S/c1-17-9-10-20(25-17)14-21(11-6-12-23-2)13-19(22)16-24-15-18-7-4-3-5-8-18/h3-5,7-10,19,22H,6,11-16H2,1-2H3/t19-/m1/s1. The van der Waals surface area contributed by atoms with E-state index in [1.54, 1.807) is 7.11 Å². The molecule has 138 valence electrons. The van der Waals surface area contributed by atoms with E-state index >= 15 is 0 Å². The van der Waals surface area contributed by atoms with Crippen LogP contribution in [0.4, 0.5) is 0 Å². The summed E-state index contributed by atoms with van der Waals surface area (Å²) in [4.78, 5) is 4.92. The smallest absolute Gasteiger partial charge is 0.0900 e. The summed E-state index contributed by atoms with van der Waals surface area (Å²) < 4.78 is 10.8. The first kappa shape index (κ1) is 20.1. The molecule has 0 spiro atoms. The van der Waals surface area contributed by atoms with Crippen molar-refractivity contribution in [2.24, 2.45) is 0 Å². The Kier molecular flexibility index (Phi) is 9.15. The molecule has 0 aliphatic rings. The molecule has 0 fully saturated rings. The second-order valence-corrected chi connectivity index (χ2v) is 7.62. The minimum atomic E-state index is -0.493. The van der Waals surface area contributed by atoms with Gasteiger partial charge in [-0.25, -0.2) is 0 Å². The summed E-state index contributed by atoms with van der Waals surface area (Å²) >= 11 is 1.81. The van der Waals surface area contributed by atoms with Crippen LogP contribution in [0.5, 0.6) is 0 Å². The number of rotatable bonds is 12. The van der Waals surface area contributed by atoms with Crippen molar-refractivity contribution in [2.75, 3.05) is 33.4 Å². The first-order chi connectivity index (χ1) is 12.2. The Balaban J connectivity index is 1.77. The van der Waals surface area contributed by atoms with E-state index < -0.39 is 6.10 Å². The fourth-order valence-corrected chi connectivity index (χ4v) is 3.63. The third-order valence-electron chi connectivity index (χ3n) is 3.89. The van der Waals surface area contributed by atoms with Crippen LogP contribution in [0.15, 0.2) is 42.5 Å². The highest BCUT2D eigenvalue weighted by Gasteiger charge is 2.13. The Labute approximate surface area is 155 Å². The van der Waals surface area contributed by atoms with Crippen molar-refractivity contribution < 1.29 is 14.6 Å². The number of aryl methyl sites for hydroxylation is 1. The molecule has 0 saturated heterocycles. The molecule has 2 rings (SSSR count). The van der Waals surface area contributed by atoms with Gasteiger partial charge in [-0.3, -0.25) is 4.90 Å². The number of benzene rings is 1. The van der Waals surface area contributed by atoms with Crippen molar-refractivity contribution in [1.29, 1.82) is 0 Å². The molecule has 1 aromatic heterocycles. The molecule has 0 aliphatic carbocycles. The minimum Gasteiger partial charge on any atom is -0.389 e. The number of hydrogen-bond acceptors (Lipinski definition) is 5. The van der Waals surface area contributed by atoms with Gasteiger partial charge in [-0.2, -0.15) is 0 Å². The topological polar surface area (TPSA) is 41.9 Å². The molecule has 0 radical (unpaired) electrons. The van der Waals surface area contributed by atoms with Crippen LogP contribution in [0.1, 0.15) is 21.7 Å². The van der Waals surface area contributed by atoms with E-state index in [0.717, 1.165) is 31.7 Å². The zero-order valence-electron chi connectivity index (χ0n) is 15.2. The third kappa shape index (κ3) is 8.12. The maximum atomic E-state index is 10.3. The van der Waals surface area contributed by atoms with E-state index in [4.69, 9.17) is 9.47 Å². The normalized spacial score (nSPS) is 12.6. The maximum absolute atomic E-state index is 10.3. The van der Waals surface area contributed by atoms with E-state index in [0.29, 0.717) is 19.8 Å². The monoisotopic (exact) mass is 363 g/mol. The molecule has 0 saturated carbocycles. The highest BCUT2D eigenvalue weighted by Crippen LogP contribution is 2.17. The van der Waals surface area contributed by atoms with Gasteiger partial charge in [0.25, 0.3) is 0 Å². The van der Waals surface area contributed by atoms with Gasteiger partial charge in [-0.1, -0.05) is 30.3 Å². The quantitative estimate of drug-likeness (QED) is 0.586. The van der Waals surface area contributed by atoms with Gasteiger partial charge < -0.3 is 14.6 Å². The van der Waals surface area contributed by atoms with Crippen LogP contribution in [0.25, 0.3) is 0 Å². The van der Waals surface area contributed by atoms with Crippen molar-refractivity contribution in [3.05, 3.63) is 57.8 Å². The van der Waals surface area contributed by atoms with Crippen LogP contribution < -0.4 is 0 Å². The number of ether oxygens (including phenoxy) is 2. The third-order valence-corrected chi connectivity index (χ3v) is 4.87. The molecule has 5 heteroatoms. The number of hydrogen-bond donors (Lipinski definition) is 1. The fourth-order valence-electron chi connectivity index (χ4n) is 2.70. The van der Waals surface area contributed by atoms with Gasteiger partial charge in [-0.15, -0.1) is 11.3 Å². The molecule has 0 aliphatic heterocycles. The largest absolute Gasteiger partial charge is 0.389 e. The average Bonchev–Trinajstić information content (AvgIpc) is 3.01. The van der Waals surface area contributed by atoms with Crippen LogP contribution in [0, 0.1) is 6.92 Å². The van der Waals surface area contributed by atoms with Gasteiger partial charge in [0.15, 0.2) is 0 Å². The van der Waals surface area contributed by atoms with E-state index in [1.807, 2.05) is 41.7 Å². The zero-order chi connectivity index (χ0) is 17.9. The SMILES string of the molecule is COCCCN(Cc1ccc(C)s1)C[C@@H](O)COCc1ccccc1. The summed E-state index contributed by atoms with van der Waals surface area (Å²) in [6.07, 6.45) is 0.464. The van der Waals surface area contributed by atoms with E-state index in [1.165, 1.54) is 9.75 Å². The first-order valence-electron chi connectivity index (χ1n) is 8.73. The number of methoxy groups -OCH3 is 1. The lowest BCUT2D eigenvalue weighted by atomic mass is 10.2. The Morgan fingerprint density at radius 1 is 1.16 bits per heavy atom. The van der Waals surface area contributed by atoms with Crippen LogP contribution in [-0.4, -0.2) is 49.5 Å². The molecular weight excluding hydrogens is 334 g/mol. The van der Waals surface area contributed by atoms with Gasteiger partial charge in [0, 0.05) is 43.1 Å². The second kappa shape index (κ2) is 11.4. The van der Waals surface area contributed by atoms with Gasteiger partial charge in [0.2, 0.25) is 0 Å². The Morgan fingerprint density at radius 2 is 1.96 bits per heavy atom. The summed E-state index contributed by atoms with van der Waals surface area (Å²) in [5.41, 5.74) is 1.13. The van der Waals surface area contributed by atoms with E-state index in [9.17, 15) is 5.11 Å². The summed E-state index contributed by atoms with van der Waals surface area (Å²) in [6, 6.07) is 14.4. The van der Waals surface area contributed by atoms with Crippen molar-refractivity contribution in [3.63, 3.8) is 0 Å². The molecule has 1 atom stereocenters. The summed E-state index contributed by atoms with van der Waals surface area (Å²) in [7, 11) is 1.72. The second-order valence-electron chi connectivity index (χ2n) is 6.25. The van der Waals surface area contributed by atoms with Gasteiger partial charge in [0.05, 0.1) is 19.3 Å². The summed E-state index contributed by atoms with van der Waals surface area (Å²) in [5.74, 6) is 0. The molecule has 0 bridgehead atoms. The lowest BCUT2D eigenvalue weighted by molar-refractivity contribution is 0.00754. The van der Waals surface area contributed by atoms with E-state index in [-0.39, 0.29) is 0 Å². The lowest BCUT2D eigenvalue weighted by Gasteiger charge is -2.24. The highest BCUT2D eigenvalue weighted by molar-refractivity contribution is 7.11. The maximum Gasteiger partial charge on any atom is 0.0900 e. The lowest BCUT2D eigenvalue weighted by Crippen LogP contribution is -2.35. The Hall–Kier alpha value is -1.24. The number of aliphatic hydroxyl groups excluding tert-OH is 1. The van der Waals surface area contributed by atoms with Crippen molar-refractivity contribution in [3.8, 4) is 0 Å². The summed E-state index contributed by atoms with van der Waals surface area (Å²) in [6.45, 7) is 6.11. The molecule has 1 heterocycles. The van der Waals surface area contributed by atoms with Crippen molar-refractivity contribution >= 4 is 11.3 Å². The molecule has 0 unspecified atom stereocenters. The average molecular weight is 364 g/mol.